The zero-order valence-electron chi connectivity index (χ0n) is 15.2. The lowest BCUT2D eigenvalue weighted by Gasteiger charge is -2.27. The van der Waals surface area contributed by atoms with E-state index >= 15 is 0 Å². The maximum absolute atomic E-state index is 5.81. The van der Waals surface area contributed by atoms with Crippen LogP contribution in [0.15, 0.2) is 42.5 Å². The van der Waals surface area contributed by atoms with E-state index in [4.69, 9.17) is 5.73 Å². The van der Waals surface area contributed by atoms with E-state index < -0.39 is 0 Å². The Morgan fingerprint density at radius 3 is 2.29 bits per heavy atom. The molecule has 2 aromatic carbocycles. The first-order valence-corrected chi connectivity index (χ1v) is 9.61. The molecule has 0 bridgehead atoms. The van der Waals surface area contributed by atoms with Gasteiger partial charge in [-0.1, -0.05) is 63.4 Å². The summed E-state index contributed by atoms with van der Waals surface area (Å²) < 4.78 is 0. The van der Waals surface area contributed by atoms with Crippen LogP contribution in [0.2, 0.25) is 0 Å². The molecule has 1 heteroatoms. The third-order valence-electron chi connectivity index (χ3n) is 5.61. The van der Waals surface area contributed by atoms with Crippen molar-refractivity contribution in [1.82, 2.24) is 0 Å². The summed E-state index contributed by atoms with van der Waals surface area (Å²) in [6, 6.07) is 15.6. The first-order chi connectivity index (χ1) is 11.7. The van der Waals surface area contributed by atoms with Crippen molar-refractivity contribution < 1.29 is 0 Å². The molecule has 1 nitrogen and oxygen atoms in total. The van der Waals surface area contributed by atoms with Gasteiger partial charge in [0.2, 0.25) is 0 Å². The van der Waals surface area contributed by atoms with Gasteiger partial charge in [0.25, 0.3) is 0 Å². The highest BCUT2D eigenvalue weighted by Crippen LogP contribution is 2.36. The quantitative estimate of drug-likeness (QED) is 0.661. The lowest BCUT2D eigenvalue weighted by atomic mass is 9.78. The topological polar surface area (TPSA) is 26.0 Å². The molecule has 1 saturated carbocycles. The number of anilines is 1. The molecule has 2 aromatic rings. The summed E-state index contributed by atoms with van der Waals surface area (Å²) in [5, 5.41) is 0. The monoisotopic (exact) mass is 321 g/mol. The highest BCUT2D eigenvalue weighted by molar-refractivity contribution is 5.42. The van der Waals surface area contributed by atoms with Crippen LogP contribution in [0.3, 0.4) is 0 Å². The Morgan fingerprint density at radius 2 is 1.62 bits per heavy atom. The van der Waals surface area contributed by atoms with E-state index in [1.807, 2.05) is 12.1 Å². The van der Waals surface area contributed by atoms with Gasteiger partial charge < -0.3 is 5.73 Å². The molecular formula is C23H31N. The second-order valence-corrected chi connectivity index (χ2v) is 7.65. The van der Waals surface area contributed by atoms with E-state index in [0.717, 1.165) is 23.9 Å². The molecular weight excluding hydrogens is 290 g/mol. The first-order valence-electron chi connectivity index (χ1n) is 9.61. The van der Waals surface area contributed by atoms with Crippen LogP contribution < -0.4 is 5.73 Å². The molecule has 0 radical (unpaired) electrons. The molecule has 3 rings (SSSR count). The first kappa shape index (κ1) is 17.1. The van der Waals surface area contributed by atoms with Crippen molar-refractivity contribution in [2.45, 2.75) is 64.7 Å². The van der Waals surface area contributed by atoms with Gasteiger partial charge in [0.05, 0.1) is 0 Å². The standard InChI is InChI=1S/C23H31N/c1-3-4-20-16-22(19-9-5-17(2)6-10-19)12-11-21(20)15-18-7-13-23(24)14-8-18/h7-8,11-14,16-17,19H,3-6,9-10,15,24H2,1-2H3. The largest absolute Gasteiger partial charge is 0.399 e. The molecule has 1 aliphatic rings. The Morgan fingerprint density at radius 1 is 0.917 bits per heavy atom. The molecule has 1 fully saturated rings. The van der Waals surface area contributed by atoms with Crippen molar-refractivity contribution in [3.05, 3.63) is 64.7 Å². The number of benzene rings is 2. The molecule has 0 aliphatic heterocycles. The van der Waals surface area contributed by atoms with Crippen LogP contribution in [0.4, 0.5) is 5.69 Å². The summed E-state index contributed by atoms with van der Waals surface area (Å²) in [4.78, 5) is 0. The zero-order valence-corrected chi connectivity index (χ0v) is 15.2. The van der Waals surface area contributed by atoms with Crippen LogP contribution in [-0.2, 0) is 12.8 Å². The molecule has 2 N–H and O–H groups in total. The molecule has 0 atom stereocenters. The van der Waals surface area contributed by atoms with Crippen molar-refractivity contribution in [3.8, 4) is 0 Å². The SMILES string of the molecule is CCCc1cc(C2CCC(C)CC2)ccc1Cc1ccc(N)cc1. The lowest BCUT2D eigenvalue weighted by Crippen LogP contribution is -2.11. The Balaban J connectivity index is 1.80. The summed E-state index contributed by atoms with van der Waals surface area (Å²) >= 11 is 0. The average Bonchev–Trinajstić information content (AvgIpc) is 2.59. The van der Waals surface area contributed by atoms with Gasteiger partial charge in [0.15, 0.2) is 0 Å². The number of nitrogens with two attached hydrogens (primary N) is 1. The summed E-state index contributed by atoms with van der Waals surface area (Å²) in [6.45, 7) is 4.68. The van der Waals surface area contributed by atoms with Crippen molar-refractivity contribution in [2.24, 2.45) is 5.92 Å². The smallest absolute Gasteiger partial charge is 0.0314 e. The van der Waals surface area contributed by atoms with Crippen LogP contribution in [0, 0.1) is 5.92 Å². The molecule has 0 spiro atoms. The predicted octanol–water partition coefficient (Wildman–Crippen LogP) is 6.11. The van der Waals surface area contributed by atoms with Gasteiger partial charge in [0, 0.05) is 5.69 Å². The van der Waals surface area contributed by atoms with Crippen LogP contribution in [0.25, 0.3) is 0 Å². The summed E-state index contributed by atoms with van der Waals surface area (Å²) in [6.07, 6.45) is 8.91. The van der Waals surface area contributed by atoms with Crippen molar-refractivity contribution in [1.29, 1.82) is 0 Å². The Labute approximate surface area is 147 Å². The fourth-order valence-electron chi connectivity index (χ4n) is 4.02. The molecule has 0 amide bonds. The van der Waals surface area contributed by atoms with Crippen LogP contribution >= 0.6 is 0 Å². The van der Waals surface area contributed by atoms with Crippen molar-refractivity contribution >= 4 is 5.69 Å². The van der Waals surface area contributed by atoms with E-state index in [-0.39, 0.29) is 0 Å². The fourth-order valence-corrected chi connectivity index (χ4v) is 4.02. The minimum Gasteiger partial charge on any atom is -0.399 e. The normalized spacial score (nSPS) is 20.9. The average molecular weight is 322 g/mol. The third-order valence-corrected chi connectivity index (χ3v) is 5.61. The Kier molecular flexibility index (Phi) is 5.60. The maximum Gasteiger partial charge on any atom is 0.0314 e. The summed E-state index contributed by atoms with van der Waals surface area (Å²) in [5.41, 5.74) is 12.6. The highest BCUT2D eigenvalue weighted by atomic mass is 14.5. The van der Waals surface area contributed by atoms with E-state index in [0.29, 0.717) is 0 Å². The van der Waals surface area contributed by atoms with Gasteiger partial charge in [-0.05, 0) is 71.9 Å². The van der Waals surface area contributed by atoms with Crippen molar-refractivity contribution in [3.63, 3.8) is 0 Å². The van der Waals surface area contributed by atoms with Gasteiger partial charge in [-0.3, -0.25) is 0 Å². The Bertz CT molecular complexity index is 648. The molecule has 24 heavy (non-hydrogen) atoms. The maximum atomic E-state index is 5.81. The molecule has 1 aliphatic carbocycles. The number of hydrogen-bond acceptors (Lipinski definition) is 1. The van der Waals surface area contributed by atoms with Gasteiger partial charge >= 0.3 is 0 Å². The molecule has 0 aromatic heterocycles. The molecule has 0 heterocycles. The summed E-state index contributed by atoms with van der Waals surface area (Å²) in [7, 11) is 0. The number of hydrogen-bond donors (Lipinski definition) is 1. The van der Waals surface area contributed by atoms with Crippen LogP contribution in [0.5, 0.6) is 0 Å². The Hall–Kier alpha value is -1.76. The molecule has 128 valence electrons. The minimum atomic E-state index is 0.780. The fraction of sp³-hybridized carbons (Fsp3) is 0.478. The second-order valence-electron chi connectivity index (χ2n) is 7.65. The van der Waals surface area contributed by atoms with Gasteiger partial charge in [-0.15, -0.1) is 0 Å². The van der Waals surface area contributed by atoms with Crippen LogP contribution in [0.1, 0.15) is 74.1 Å². The van der Waals surface area contributed by atoms with Gasteiger partial charge in [0.1, 0.15) is 0 Å². The van der Waals surface area contributed by atoms with E-state index in [1.54, 1.807) is 11.1 Å². The second kappa shape index (κ2) is 7.88. The van der Waals surface area contributed by atoms with E-state index in [1.165, 1.54) is 49.7 Å². The summed E-state index contributed by atoms with van der Waals surface area (Å²) in [5.74, 6) is 1.70. The van der Waals surface area contributed by atoms with Crippen LogP contribution in [-0.4, -0.2) is 0 Å². The van der Waals surface area contributed by atoms with E-state index in [9.17, 15) is 0 Å². The third kappa shape index (κ3) is 4.20. The number of rotatable bonds is 5. The van der Waals surface area contributed by atoms with Crippen molar-refractivity contribution in [2.75, 3.05) is 5.73 Å². The number of aryl methyl sites for hydroxylation is 1. The van der Waals surface area contributed by atoms with E-state index in [2.05, 4.69) is 44.2 Å². The lowest BCUT2D eigenvalue weighted by molar-refractivity contribution is 0.348. The minimum absolute atomic E-state index is 0.780. The van der Waals surface area contributed by atoms with Gasteiger partial charge in [-0.25, -0.2) is 0 Å². The predicted molar refractivity (Wildman–Crippen MR) is 104 cm³/mol. The molecule has 0 unspecified atom stereocenters. The zero-order chi connectivity index (χ0) is 16.9. The number of nitrogen functional groups attached to an aromatic ring is 1. The van der Waals surface area contributed by atoms with Gasteiger partial charge in [-0.2, -0.15) is 0 Å². The highest BCUT2D eigenvalue weighted by Gasteiger charge is 2.20. The molecule has 0 saturated heterocycles.